The van der Waals surface area contributed by atoms with Crippen molar-refractivity contribution in [2.24, 2.45) is 5.92 Å². The molecule has 1 aliphatic heterocycles. The molecule has 0 aliphatic carbocycles. The summed E-state index contributed by atoms with van der Waals surface area (Å²) in [5.41, 5.74) is -0.641. The molecule has 1 fully saturated rings. The van der Waals surface area contributed by atoms with Crippen LogP contribution in [0.3, 0.4) is 0 Å². The van der Waals surface area contributed by atoms with Gasteiger partial charge in [0, 0.05) is 18.7 Å². The minimum Gasteiger partial charge on any atom is -0.355 e. The smallest absolute Gasteiger partial charge is 0.285 e. The van der Waals surface area contributed by atoms with Gasteiger partial charge >= 0.3 is 0 Å². The van der Waals surface area contributed by atoms with Gasteiger partial charge in [-0.15, -0.1) is 0 Å². The second kappa shape index (κ2) is 7.69. The van der Waals surface area contributed by atoms with Crippen molar-refractivity contribution in [3.8, 4) is 0 Å². The quantitative estimate of drug-likeness (QED) is 0.579. The van der Waals surface area contributed by atoms with Gasteiger partial charge in [0.05, 0.1) is 11.1 Å². The first-order valence-electron chi connectivity index (χ1n) is 7.38. The van der Waals surface area contributed by atoms with E-state index in [2.05, 4.69) is 10.6 Å². The van der Waals surface area contributed by atoms with Crippen LogP contribution in [-0.2, 0) is 11.3 Å². The molecule has 1 aromatic rings. The van der Waals surface area contributed by atoms with Crippen molar-refractivity contribution in [3.05, 3.63) is 38.8 Å². The lowest BCUT2D eigenvalue weighted by molar-refractivity contribution is -0.385. The van der Waals surface area contributed by atoms with Gasteiger partial charge in [0.25, 0.3) is 11.2 Å². The largest absolute Gasteiger partial charge is 0.355 e. The molecule has 1 unspecified atom stereocenters. The van der Waals surface area contributed by atoms with Gasteiger partial charge in [0.1, 0.15) is 6.54 Å². The Labute approximate surface area is 127 Å². The molecular weight excluding hydrogens is 288 g/mol. The third-order valence-corrected chi connectivity index (χ3v) is 3.77. The summed E-state index contributed by atoms with van der Waals surface area (Å²) in [6, 6.07) is 2.23. The van der Waals surface area contributed by atoms with Crippen molar-refractivity contribution in [2.45, 2.75) is 25.8 Å². The van der Waals surface area contributed by atoms with Crippen LogP contribution in [0.1, 0.15) is 19.3 Å². The van der Waals surface area contributed by atoms with E-state index in [1.807, 2.05) is 0 Å². The number of nitrogens with one attached hydrogen (secondary N) is 2. The number of hydrogen-bond donors (Lipinski definition) is 2. The van der Waals surface area contributed by atoms with E-state index < -0.39 is 10.5 Å². The lowest BCUT2D eigenvalue weighted by atomic mass is 9.96. The summed E-state index contributed by atoms with van der Waals surface area (Å²) >= 11 is 0. The number of carbonyl (C=O) groups excluding carboxylic acids is 1. The van der Waals surface area contributed by atoms with Crippen LogP contribution >= 0.6 is 0 Å². The molecule has 120 valence electrons. The minimum absolute atomic E-state index is 0.205. The summed E-state index contributed by atoms with van der Waals surface area (Å²) < 4.78 is 1.05. The fourth-order valence-electron chi connectivity index (χ4n) is 2.55. The first kappa shape index (κ1) is 16.2. The highest BCUT2D eigenvalue weighted by Gasteiger charge is 2.14. The number of hydrogen-bond acceptors (Lipinski definition) is 5. The average molecular weight is 308 g/mol. The molecule has 0 bridgehead atoms. The van der Waals surface area contributed by atoms with Gasteiger partial charge in [0.15, 0.2) is 0 Å². The van der Waals surface area contributed by atoms with Crippen LogP contribution in [0.2, 0.25) is 0 Å². The summed E-state index contributed by atoms with van der Waals surface area (Å²) in [6.45, 7) is 2.37. The molecule has 2 N–H and O–H groups in total. The lowest BCUT2D eigenvalue weighted by Gasteiger charge is -2.22. The minimum atomic E-state index is -0.593. The Kier molecular flexibility index (Phi) is 5.65. The molecule has 8 heteroatoms. The van der Waals surface area contributed by atoms with Crippen molar-refractivity contribution in [1.29, 1.82) is 0 Å². The molecule has 0 radical (unpaired) electrons. The molecule has 1 amide bonds. The third kappa shape index (κ3) is 4.66. The predicted molar refractivity (Wildman–Crippen MR) is 80.6 cm³/mol. The number of nitrogens with zero attached hydrogens (tertiary/aromatic N) is 2. The zero-order valence-corrected chi connectivity index (χ0v) is 12.3. The normalized spacial score (nSPS) is 17.9. The van der Waals surface area contributed by atoms with E-state index in [-0.39, 0.29) is 18.1 Å². The number of amides is 1. The molecule has 1 aromatic heterocycles. The van der Waals surface area contributed by atoms with E-state index >= 15 is 0 Å². The van der Waals surface area contributed by atoms with Crippen molar-refractivity contribution in [3.63, 3.8) is 0 Å². The molecule has 1 saturated heterocycles. The van der Waals surface area contributed by atoms with Crippen LogP contribution in [-0.4, -0.2) is 35.0 Å². The van der Waals surface area contributed by atoms with Crippen LogP contribution < -0.4 is 16.2 Å². The second-order valence-electron chi connectivity index (χ2n) is 5.46. The number of aromatic nitrogens is 1. The van der Waals surface area contributed by atoms with Crippen LogP contribution in [0, 0.1) is 16.0 Å². The molecule has 1 aliphatic rings. The molecule has 0 spiro atoms. The van der Waals surface area contributed by atoms with Crippen molar-refractivity contribution >= 4 is 11.6 Å². The van der Waals surface area contributed by atoms with E-state index in [1.54, 1.807) is 0 Å². The van der Waals surface area contributed by atoms with Gasteiger partial charge < -0.3 is 10.6 Å². The van der Waals surface area contributed by atoms with Gasteiger partial charge in [-0.05, 0) is 38.3 Å². The number of carbonyl (C=O) groups is 1. The Hall–Kier alpha value is -2.22. The van der Waals surface area contributed by atoms with E-state index in [0.717, 1.165) is 55.2 Å². The zero-order chi connectivity index (χ0) is 15.9. The van der Waals surface area contributed by atoms with Crippen LogP contribution in [0.25, 0.3) is 0 Å². The Morgan fingerprint density at radius 3 is 3.00 bits per heavy atom. The number of rotatable bonds is 6. The van der Waals surface area contributed by atoms with E-state index in [4.69, 9.17) is 0 Å². The Morgan fingerprint density at radius 1 is 1.50 bits per heavy atom. The Bertz CT molecular complexity index is 593. The first-order valence-corrected chi connectivity index (χ1v) is 7.38. The van der Waals surface area contributed by atoms with Crippen LogP contribution in [0.5, 0.6) is 0 Å². The standard InChI is InChI=1S/C14H20N4O4/c19-13(16-7-5-11-2-1-6-15-8-11)10-17-9-12(18(21)22)3-4-14(17)20/h3-4,9,11,15H,1-2,5-8,10H2,(H,16,19). The molecule has 22 heavy (non-hydrogen) atoms. The predicted octanol–water partition coefficient (Wildman–Crippen LogP) is 0.262. The third-order valence-electron chi connectivity index (χ3n) is 3.77. The molecule has 0 aromatic carbocycles. The van der Waals surface area contributed by atoms with E-state index in [1.165, 1.54) is 0 Å². The summed E-state index contributed by atoms with van der Waals surface area (Å²) in [4.78, 5) is 33.5. The first-order chi connectivity index (χ1) is 10.6. The number of nitro groups is 1. The fraction of sp³-hybridized carbons (Fsp3) is 0.571. The van der Waals surface area contributed by atoms with Crippen LogP contribution in [0.15, 0.2) is 23.1 Å². The summed E-state index contributed by atoms with van der Waals surface area (Å²) in [6.07, 6.45) is 4.30. The number of piperidine rings is 1. The maximum atomic E-state index is 11.8. The summed E-state index contributed by atoms with van der Waals surface area (Å²) in [7, 11) is 0. The highest BCUT2D eigenvalue weighted by atomic mass is 16.6. The monoisotopic (exact) mass is 308 g/mol. The highest BCUT2D eigenvalue weighted by Crippen LogP contribution is 2.12. The van der Waals surface area contributed by atoms with E-state index in [9.17, 15) is 19.7 Å². The Morgan fingerprint density at radius 2 is 2.32 bits per heavy atom. The van der Waals surface area contributed by atoms with Gasteiger partial charge in [-0.1, -0.05) is 0 Å². The lowest BCUT2D eigenvalue weighted by Crippen LogP contribution is -2.35. The maximum absolute atomic E-state index is 11.8. The summed E-state index contributed by atoms with van der Waals surface area (Å²) in [5.74, 6) is 0.251. The summed E-state index contributed by atoms with van der Waals surface area (Å²) in [5, 5.41) is 16.8. The second-order valence-corrected chi connectivity index (χ2v) is 5.46. The zero-order valence-electron chi connectivity index (χ0n) is 12.3. The topological polar surface area (TPSA) is 106 Å². The number of pyridine rings is 1. The molecule has 2 heterocycles. The van der Waals surface area contributed by atoms with E-state index in [0.29, 0.717) is 12.5 Å². The fourth-order valence-corrected chi connectivity index (χ4v) is 2.55. The van der Waals surface area contributed by atoms with Crippen molar-refractivity contribution < 1.29 is 9.72 Å². The molecule has 1 atom stereocenters. The molecular formula is C14H20N4O4. The maximum Gasteiger partial charge on any atom is 0.285 e. The average Bonchev–Trinajstić information content (AvgIpc) is 2.50. The van der Waals surface area contributed by atoms with Gasteiger partial charge in [-0.3, -0.25) is 24.3 Å². The highest BCUT2D eigenvalue weighted by molar-refractivity contribution is 5.75. The van der Waals surface area contributed by atoms with Gasteiger partial charge in [-0.25, -0.2) is 0 Å². The van der Waals surface area contributed by atoms with Crippen molar-refractivity contribution in [1.82, 2.24) is 15.2 Å². The Balaban J connectivity index is 1.82. The van der Waals surface area contributed by atoms with Crippen molar-refractivity contribution in [2.75, 3.05) is 19.6 Å². The van der Waals surface area contributed by atoms with Gasteiger partial charge in [0.2, 0.25) is 5.91 Å². The SMILES string of the molecule is O=C(Cn1cc([N+](=O)[O-])ccc1=O)NCCC1CCCNC1. The molecule has 0 saturated carbocycles. The van der Waals surface area contributed by atoms with Crippen LogP contribution in [0.4, 0.5) is 5.69 Å². The molecule has 8 nitrogen and oxygen atoms in total. The molecule has 2 rings (SSSR count). The van der Waals surface area contributed by atoms with Gasteiger partial charge in [-0.2, -0.15) is 0 Å².